The number of nitrogens with zero attached hydrogens (tertiary/aromatic N) is 3. The summed E-state index contributed by atoms with van der Waals surface area (Å²) in [6.45, 7) is 5.84. The van der Waals surface area contributed by atoms with Crippen molar-refractivity contribution in [1.82, 2.24) is 4.90 Å². The van der Waals surface area contributed by atoms with Crippen LogP contribution in [0, 0.1) is 5.41 Å². The lowest BCUT2D eigenvalue weighted by Gasteiger charge is -2.37. The molecule has 0 unspecified atom stereocenters. The Bertz CT molecular complexity index is 1030. The van der Waals surface area contributed by atoms with Gasteiger partial charge in [-0.1, -0.05) is 43.7 Å². The van der Waals surface area contributed by atoms with Gasteiger partial charge in [0.15, 0.2) is 0 Å². The van der Waals surface area contributed by atoms with Gasteiger partial charge in [-0.25, -0.2) is 4.99 Å². The van der Waals surface area contributed by atoms with Crippen LogP contribution in [0.1, 0.15) is 19.4 Å². The highest BCUT2D eigenvalue weighted by Crippen LogP contribution is 2.43. The second-order valence-corrected chi connectivity index (χ2v) is 10.5. The minimum absolute atomic E-state index is 0.152. The van der Waals surface area contributed by atoms with Crippen molar-refractivity contribution in [3.05, 3.63) is 59.1 Å². The van der Waals surface area contributed by atoms with Crippen LogP contribution in [-0.4, -0.2) is 46.4 Å². The lowest BCUT2D eigenvalue weighted by Crippen LogP contribution is -2.51. The zero-order valence-corrected chi connectivity index (χ0v) is 20.1. The number of anilines is 1. The molecule has 2 aliphatic heterocycles. The normalized spacial score (nSPS) is 23.2. The third-order valence-corrected chi connectivity index (χ3v) is 7.73. The second-order valence-electron chi connectivity index (χ2n) is 8.41. The summed E-state index contributed by atoms with van der Waals surface area (Å²) in [7, 11) is 0. The van der Waals surface area contributed by atoms with Crippen LogP contribution < -0.4 is 4.90 Å². The Morgan fingerprint density at radius 3 is 2.38 bits per heavy atom. The fourth-order valence-electron chi connectivity index (χ4n) is 4.24. The van der Waals surface area contributed by atoms with Crippen LogP contribution in [0.15, 0.2) is 53.5 Å². The van der Waals surface area contributed by atoms with Crippen LogP contribution in [0.5, 0.6) is 0 Å². The molecule has 2 aromatic rings. The van der Waals surface area contributed by atoms with E-state index in [-0.39, 0.29) is 6.04 Å². The smallest absolute Gasteiger partial charge is 0.291 e. The molecule has 0 radical (unpaired) electrons. The van der Waals surface area contributed by atoms with E-state index in [0.717, 1.165) is 36.7 Å². The van der Waals surface area contributed by atoms with Crippen molar-refractivity contribution in [1.29, 1.82) is 0 Å². The Kier molecular flexibility index (Phi) is 6.60. The average Bonchev–Trinajstić information content (AvgIpc) is 2.95. The molecule has 0 spiro atoms. The first-order valence-electron chi connectivity index (χ1n) is 10.3. The summed E-state index contributed by atoms with van der Waals surface area (Å²) in [6, 6.07) is 12.2. The van der Waals surface area contributed by atoms with Crippen LogP contribution in [0.2, 0.25) is 5.02 Å². The molecule has 3 nitrogen and oxygen atoms in total. The minimum atomic E-state index is -4.44. The van der Waals surface area contributed by atoms with Gasteiger partial charge in [-0.15, -0.1) is 0 Å². The van der Waals surface area contributed by atoms with Crippen molar-refractivity contribution in [2.75, 3.05) is 29.5 Å². The van der Waals surface area contributed by atoms with Crippen LogP contribution >= 0.6 is 35.6 Å². The van der Waals surface area contributed by atoms with Gasteiger partial charge in [0.05, 0.1) is 22.3 Å². The van der Waals surface area contributed by atoms with E-state index < -0.39 is 17.2 Å². The molecule has 0 amide bonds. The largest absolute Gasteiger partial charge is 0.416 e. The molecule has 2 fully saturated rings. The van der Waals surface area contributed by atoms with Crippen molar-refractivity contribution in [2.45, 2.75) is 26.1 Å². The SMILES string of the molecule is CC1(C)C(=S)N(c2cccc(C(F)(F)F)c2)C(=Nc2ccc(Cl)cc2)[C@H]1N1CCSCC1. The number of rotatable bonds is 3. The fraction of sp³-hybridized carbons (Fsp3) is 0.391. The Morgan fingerprint density at radius 2 is 1.75 bits per heavy atom. The highest BCUT2D eigenvalue weighted by molar-refractivity contribution is 7.99. The lowest BCUT2D eigenvalue weighted by molar-refractivity contribution is -0.137. The van der Waals surface area contributed by atoms with Gasteiger partial charge < -0.3 is 0 Å². The lowest BCUT2D eigenvalue weighted by atomic mass is 9.86. The van der Waals surface area contributed by atoms with Crippen LogP contribution in [-0.2, 0) is 6.18 Å². The number of alkyl halides is 3. The van der Waals surface area contributed by atoms with Crippen molar-refractivity contribution in [3.8, 4) is 0 Å². The molecular formula is C23H23ClF3N3S2. The van der Waals surface area contributed by atoms with Gasteiger partial charge >= 0.3 is 6.18 Å². The molecule has 0 N–H and O–H groups in total. The van der Waals surface area contributed by atoms with Gasteiger partial charge in [0.1, 0.15) is 5.84 Å². The molecule has 170 valence electrons. The Hall–Kier alpha value is -1.61. The van der Waals surface area contributed by atoms with Gasteiger partial charge in [-0.2, -0.15) is 24.9 Å². The maximum atomic E-state index is 13.4. The molecule has 0 aliphatic carbocycles. The number of halogens is 4. The number of hydrogen-bond acceptors (Lipinski definition) is 4. The van der Waals surface area contributed by atoms with Gasteiger partial charge in [-0.3, -0.25) is 9.80 Å². The van der Waals surface area contributed by atoms with Crippen molar-refractivity contribution in [3.63, 3.8) is 0 Å². The number of thiocarbonyl (C=S) groups is 1. The summed E-state index contributed by atoms with van der Waals surface area (Å²) in [5.41, 5.74) is -0.145. The first-order chi connectivity index (χ1) is 15.1. The van der Waals surface area contributed by atoms with Crippen LogP contribution in [0.3, 0.4) is 0 Å². The molecule has 9 heteroatoms. The first kappa shape index (κ1) is 23.5. The van der Waals surface area contributed by atoms with E-state index in [1.807, 2.05) is 25.6 Å². The predicted octanol–water partition coefficient (Wildman–Crippen LogP) is 6.68. The molecule has 0 bridgehead atoms. The number of benzene rings is 2. The van der Waals surface area contributed by atoms with Gasteiger partial charge in [0, 0.05) is 40.7 Å². The molecule has 2 aliphatic rings. The minimum Gasteiger partial charge on any atom is -0.291 e. The molecule has 32 heavy (non-hydrogen) atoms. The standard InChI is InChI=1S/C23H23ClF3N3S2/c1-22(2)19(29-10-12-32-13-11-29)20(28-17-8-6-16(24)7-9-17)30(21(22)31)18-5-3-4-15(14-18)23(25,26)27/h3-9,14,19H,10-13H2,1-2H3/t19-/m1/s1. The molecule has 1 atom stereocenters. The zero-order chi connectivity index (χ0) is 23.1. The summed E-state index contributed by atoms with van der Waals surface area (Å²) >= 11 is 13.8. The predicted molar refractivity (Wildman–Crippen MR) is 132 cm³/mol. The zero-order valence-electron chi connectivity index (χ0n) is 17.7. The molecule has 2 heterocycles. The van der Waals surface area contributed by atoms with E-state index >= 15 is 0 Å². The van der Waals surface area contributed by atoms with Crippen molar-refractivity contribution < 1.29 is 13.2 Å². The monoisotopic (exact) mass is 497 g/mol. The quantitative estimate of drug-likeness (QED) is 0.440. The topological polar surface area (TPSA) is 18.8 Å². The molecule has 0 saturated carbocycles. The van der Waals surface area contributed by atoms with Crippen LogP contribution in [0.4, 0.5) is 24.5 Å². The van der Waals surface area contributed by atoms with E-state index in [1.165, 1.54) is 6.07 Å². The Labute approximate surface area is 200 Å². The second kappa shape index (κ2) is 8.97. The molecular weight excluding hydrogens is 475 g/mol. The summed E-state index contributed by atoms with van der Waals surface area (Å²) in [5, 5.41) is 0.593. The maximum Gasteiger partial charge on any atom is 0.416 e. The number of amidine groups is 1. The molecule has 4 rings (SSSR count). The highest BCUT2D eigenvalue weighted by atomic mass is 35.5. The van der Waals surface area contributed by atoms with E-state index in [2.05, 4.69) is 4.90 Å². The average molecular weight is 498 g/mol. The van der Waals surface area contributed by atoms with Gasteiger partial charge in [0.2, 0.25) is 0 Å². The Balaban J connectivity index is 1.86. The molecule has 2 aromatic carbocycles. The van der Waals surface area contributed by atoms with Crippen LogP contribution in [0.25, 0.3) is 0 Å². The first-order valence-corrected chi connectivity index (χ1v) is 12.2. The molecule has 2 saturated heterocycles. The fourth-order valence-corrected chi connectivity index (χ4v) is 5.61. The number of aliphatic imine (C=N–C) groups is 1. The summed E-state index contributed by atoms with van der Waals surface area (Å²) in [6.07, 6.45) is -4.44. The van der Waals surface area contributed by atoms with E-state index in [0.29, 0.717) is 27.2 Å². The maximum absolute atomic E-state index is 13.4. The van der Waals surface area contributed by atoms with Crippen molar-refractivity contribution >= 4 is 57.8 Å². The van der Waals surface area contributed by atoms with E-state index in [9.17, 15) is 13.2 Å². The summed E-state index contributed by atoms with van der Waals surface area (Å²) in [4.78, 5) is 9.56. The van der Waals surface area contributed by atoms with Gasteiger partial charge in [-0.05, 0) is 42.5 Å². The number of thioether (sulfide) groups is 1. The molecule has 0 aromatic heterocycles. The van der Waals surface area contributed by atoms with Gasteiger partial charge in [0.25, 0.3) is 0 Å². The van der Waals surface area contributed by atoms with E-state index in [4.69, 9.17) is 28.8 Å². The Morgan fingerprint density at radius 1 is 1.09 bits per heavy atom. The van der Waals surface area contributed by atoms with E-state index in [1.54, 1.807) is 35.2 Å². The third-order valence-electron chi connectivity index (χ3n) is 5.82. The van der Waals surface area contributed by atoms with Crippen molar-refractivity contribution in [2.24, 2.45) is 10.4 Å². The number of hydrogen-bond donors (Lipinski definition) is 0. The summed E-state index contributed by atoms with van der Waals surface area (Å²) < 4.78 is 40.3. The third kappa shape index (κ3) is 4.55. The summed E-state index contributed by atoms with van der Waals surface area (Å²) in [5.74, 6) is 2.64. The highest BCUT2D eigenvalue weighted by Gasteiger charge is 2.52.